The van der Waals surface area contributed by atoms with Crippen LogP contribution in [0.4, 0.5) is 0 Å². The Balaban J connectivity index is 1.80. The summed E-state index contributed by atoms with van der Waals surface area (Å²) >= 11 is 0. The SMILES string of the molecule is C=CCOc1ccc(C2C(=C(O)c3cnn(-c4ccccc4)c3C)C(=O)C(=O)N2CCN(C)C)cc1. The van der Waals surface area contributed by atoms with Crippen molar-refractivity contribution in [2.45, 2.75) is 13.0 Å². The highest BCUT2D eigenvalue weighted by atomic mass is 16.5. The summed E-state index contributed by atoms with van der Waals surface area (Å²) in [5.41, 5.74) is 2.64. The lowest BCUT2D eigenvalue weighted by molar-refractivity contribution is -0.140. The van der Waals surface area contributed by atoms with E-state index >= 15 is 0 Å². The number of para-hydroxylation sites is 1. The van der Waals surface area contributed by atoms with E-state index in [9.17, 15) is 14.7 Å². The fourth-order valence-electron chi connectivity index (χ4n) is 4.28. The second kappa shape index (κ2) is 10.6. The summed E-state index contributed by atoms with van der Waals surface area (Å²) < 4.78 is 7.27. The first kappa shape index (κ1) is 24.9. The van der Waals surface area contributed by atoms with Crippen molar-refractivity contribution in [3.8, 4) is 11.4 Å². The molecule has 0 bridgehead atoms. The van der Waals surface area contributed by atoms with Crippen LogP contribution in [0.15, 0.2) is 79.0 Å². The van der Waals surface area contributed by atoms with Gasteiger partial charge in [-0.2, -0.15) is 5.10 Å². The Bertz CT molecular complexity index is 1290. The molecule has 8 nitrogen and oxygen atoms in total. The molecule has 0 spiro atoms. The first-order valence-corrected chi connectivity index (χ1v) is 11.7. The number of Topliss-reactive ketones (excluding diaryl/α,β-unsaturated/α-hetero) is 1. The van der Waals surface area contributed by atoms with E-state index in [0.29, 0.717) is 42.3 Å². The molecule has 2 heterocycles. The van der Waals surface area contributed by atoms with Gasteiger partial charge in [0.2, 0.25) is 0 Å². The number of rotatable bonds is 9. The zero-order valence-electron chi connectivity index (χ0n) is 20.7. The number of ketones is 1. The molecule has 3 aromatic rings. The van der Waals surface area contributed by atoms with Gasteiger partial charge in [-0.15, -0.1) is 0 Å². The van der Waals surface area contributed by atoms with Crippen LogP contribution >= 0.6 is 0 Å². The van der Waals surface area contributed by atoms with Gasteiger partial charge in [0.25, 0.3) is 11.7 Å². The summed E-state index contributed by atoms with van der Waals surface area (Å²) in [5, 5.41) is 15.8. The van der Waals surface area contributed by atoms with Gasteiger partial charge in [0.15, 0.2) is 0 Å². The van der Waals surface area contributed by atoms with Gasteiger partial charge < -0.3 is 19.6 Å². The molecule has 1 aliphatic heterocycles. The molecule has 1 atom stereocenters. The number of benzene rings is 2. The largest absolute Gasteiger partial charge is 0.507 e. The smallest absolute Gasteiger partial charge is 0.295 e. The average molecular weight is 487 g/mol. The molecule has 8 heteroatoms. The number of aromatic nitrogens is 2. The van der Waals surface area contributed by atoms with E-state index < -0.39 is 17.7 Å². The molecule has 1 unspecified atom stereocenters. The zero-order valence-corrected chi connectivity index (χ0v) is 20.7. The van der Waals surface area contributed by atoms with Gasteiger partial charge >= 0.3 is 0 Å². The van der Waals surface area contributed by atoms with Crippen LogP contribution in [0.1, 0.15) is 22.9 Å². The predicted octanol–water partition coefficient (Wildman–Crippen LogP) is 3.73. The normalized spacial score (nSPS) is 17.1. The van der Waals surface area contributed by atoms with Gasteiger partial charge in [0.05, 0.1) is 34.8 Å². The van der Waals surface area contributed by atoms with E-state index in [0.717, 1.165) is 5.69 Å². The molecule has 0 aliphatic carbocycles. The molecule has 0 radical (unpaired) electrons. The third-order valence-corrected chi connectivity index (χ3v) is 6.16. The molecule has 1 fully saturated rings. The van der Waals surface area contributed by atoms with E-state index in [1.165, 1.54) is 11.1 Å². The summed E-state index contributed by atoms with van der Waals surface area (Å²) in [4.78, 5) is 29.9. The number of likely N-dealkylation sites (tertiary alicyclic amines) is 1. The summed E-state index contributed by atoms with van der Waals surface area (Å²) in [5.74, 6) is -0.945. The van der Waals surface area contributed by atoms with Crippen molar-refractivity contribution >= 4 is 17.4 Å². The van der Waals surface area contributed by atoms with Crippen LogP contribution in [0, 0.1) is 6.92 Å². The van der Waals surface area contributed by atoms with Gasteiger partial charge in [-0.1, -0.05) is 43.0 Å². The average Bonchev–Trinajstić information content (AvgIpc) is 3.39. The molecule has 2 aromatic carbocycles. The van der Waals surface area contributed by atoms with Gasteiger partial charge in [0, 0.05) is 13.1 Å². The minimum atomic E-state index is -0.738. The van der Waals surface area contributed by atoms with Crippen molar-refractivity contribution in [3.63, 3.8) is 0 Å². The highest BCUT2D eigenvalue weighted by Gasteiger charge is 2.46. The van der Waals surface area contributed by atoms with Crippen molar-refractivity contribution in [2.24, 2.45) is 0 Å². The summed E-state index contributed by atoms with van der Waals surface area (Å²) in [6.45, 7) is 6.73. The minimum absolute atomic E-state index is 0.0502. The van der Waals surface area contributed by atoms with Crippen LogP contribution in [-0.4, -0.2) is 70.2 Å². The summed E-state index contributed by atoms with van der Waals surface area (Å²) in [6, 6.07) is 16.0. The number of likely N-dealkylation sites (N-methyl/N-ethyl adjacent to an activating group) is 1. The van der Waals surface area contributed by atoms with Crippen LogP contribution in [0.2, 0.25) is 0 Å². The predicted molar refractivity (Wildman–Crippen MR) is 138 cm³/mol. The van der Waals surface area contributed by atoms with Gasteiger partial charge in [0.1, 0.15) is 18.1 Å². The van der Waals surface area contributed by atoms with Gasteiger partial charge in [-0.25, -0.2) is 4.68 Å². The number of amides is 1. The third kappa shape index (κ3) is 4.81. The lowest BCUT2D eigenvalue weighted by Crippen LogP contribution is -2.35. The molecule has 186 valence electrons. The molecule has 0 saturated carbocycles. The lowest BCUT2D eigenvalue weighted by atomic mass is 9.95. The van der Waals surface area contributed by atoms with E-state index in [-0.39, 0.29) is 11.3 Å². The van der Waals surface area contributed by atoms with E-state index in [1.54, 1.807) is 22.9 Å². The molecule has 1 N–H and O–H groups in total. The molecule has 1 aromatic heterocycles. The number of carbonyl (C=O) groups excluding carboxylic acids is 2. The molecular formula is C28H30N4O4. The molecule has 1 amide bonds. The fourth-order valence-corrected chi connectivity index (χ4v) is 4.28. The van der Waals surface area contributed by atoms with Crippen molar-refractivity contribution < 1.29 is 19.4 Å². The van der Waals surface area contributed by atoms with E-state index in [4.69, 9.17) is 4.74 Å². The number of aliphatic hydroxyl groups excluding tert-OH is 1. The molecule has 4 rings (SSSR count). The topological polar surface area (TPSA) is 87.9 Å². The number of hydrogen-bond acceptors (Lipinski definition) is 6. The standard InChI is InChI=1S/C28H30N4O4/c1-5-17-36-22-13-11-20(12-14-22)25-24(27(34)28(35)31(25)16-15-30(3)4)26(33)23-18-29-32(19(23)2)21-9-7-6-8-10-21/h5-14,18,25,33H,1,15-17H2,2-4H3. The number of hydrogen-bond donors (Lipinski definition) is 1. The zero-order chi connectivity index (χ0) is 25.8. The van der Waals surface area contributed by atoms with Crippen LogP contribution in [0.5, 0.6) is 5.75 Å². The number of aliphatic hydroxyl groups is 1. The van der Waals surface area contributed by atoms with Crippen molar-refractivity contribution in [1.82, 2.24) is 19.6 Å². The third-order valence-electron chi connectivity index (χ3n) is 6.16. The maximum Gasteiger partial charge on any atom is 0.295 e. The van der Waals surface area contributed by atoms with Crippen LogP contribution in [-0.2, 0) is 9.59 Å². The number of ether oxygens (including phenoxy) is 1. The quantitative estimate of drug-likeness (QED) is 0.215. The first-order chi connectivity index (χ1) is 17.3. The Hall–Kier alpha value is -4.17. The molecular weight excluding hydrogens is 456 g/mol. The van der Waals surface area contributed by atoms with Crippen molar-refractivity contribution in [2.75, 3.05) is 33.8 Å². The van der Waals surface area contributed by atoms with E-state index in [1.807, 2.05) is 68.4 Å². The molecule has 1 saturated heterocycles. The number of carbonyl (C=O) groups is 2. The second-order valence-electron chi connectivity index (χ2n) is 8.86. The first-order valence-electron chi connectivity index (χ1n) is 11.7. The fraction of sp³-hybridized carbons (Fsp3) is 0.250. The van der Waals surface area contributed by atoms with Crippen LogP contribution in [0.25, 0.3) is 11.4 Å². The maximum atomic E-state index is 13.3. The summed E-state index contributed by atoms with van der Waals surface area (Å²) in [6.07, 6.45) is 3.18. The monoisotopic (exact) mass is 486 g/mol. The highest BCUT2D eigenvalue weighted by Crippen LogP contribution is 2.40. The Labute approximate surface area is 210 Å². The summed E-state index contributed by atoms with van der Waals surface area (Å²) in [7, 11) is 3.80. The Kier molecular flexibility index (Phi) is 7.36. The number of nitrogens with zero attached hydrogens (tertiary/aromatic N) is 4. The molecule has 1 aliphatic rings. The van der Waals surface area contributed by atoms with Crippen LogP contribution < -0.4 is 4.74 Å². The van der Waals surface area contributed by atoms with Crippen molar-refractivity contribution in [3.05, 3.63) is 95.8 Å². The van der Waals surface area contributed by atoms with Crippen molar-refractivity contribution in [1.29, 1.82) is 0 Å². The van der Waals surface area contributed by atoms with E-state index in [2.05, 4.69) is 11.7 Å². The Morgan fingerprint density at radius 3 is 2.47 bits per heavy atom. The lowest BCUT2D eigenvalue weighted by Gasteiger charge is -2.26. The van der Waals surface area contributed by atoms with Gasteiger partial charge in [-0.05, 0) is 50.8 Å². The Morgan fingerprint density at radius 1 is 1.14 bits per heavy atom. The molecule has 36 heavy (non-hydrogen) atoms. The second-order valence-corrected chi connectivity index (χ2v) is 8.86. The van der Waals surface area contributed by atoms with Gasteiger partial charge in [-0.3, -0.25) is 9.59 Å². The Morgan fingerprint density at radius 2 is 1.83 bits per heavy atom. The van der Waals surface area contributed by atoms with Crippen LogP contribution in [0.3, 0.4) is 0 Å². The maximum absolute atomic E-state index is 13.3. The minimum Gasteiger partial charge on any atom is -0.507 e. The highest BCUT2D eigenvalue weighted by molar-refractivity contribution is 6.46.